The molecule has 0 N–H and O–H groups in total. The van der Waals surface area contributed by atoms with Crippen LogP contribution in [0.3, 0.4) is 0 Å². The van der Waals surface area contributed by atoms with E-state index in [1.54, 1.807) is 29.4 Å². The number of carbonyl (C=O) groups excluding carboxylic acids is 1. The lowest BCUT2D eigenvalue weighted by molar-refractivity contribution is 0.0706. The fraction of sp³-hybridized carbons (Fsp3) is 0.316. The van der Waals surface area contributed by atoms with Gasteiger partial charge in [0.15, 0.2) is 0 Å². The number of nitrogens with zero attached hydrogens (tertiary/aromatic N) is 5. The minimum atomic E-state index is -0.409. The van der Waals surface area contributed by atoms with Crippen molar-refractivity contribution in [2.75, 3.05) is 13.1 Å². The van der Waals surface area contributed by atoms with Crippen molar-refractivity contribution in [2.24, 2.45) is 0 Å². The van der Waals surface area contributed by atoms with Crippen LogP contribution in [0, 0.1) is 12.7 Å². The summed E-state index contributed by atoms with van der Waals surface area (Å²) in [6.45, 7) is 2.97. The zero-order valence-corrected chi connectivity index (χ0v) is 14.8. The summed E-state index contributed by atoms with van der Waals surface area (Å²) in [4.78, 5) is 22.7. The molecule has 138 valence electrons. The lowest BCUT2D eigenvalue weighted by Gasteiger charge is -2.30. The summed E-state index contributed by atoms with van der Waals surface area (Å²) >= 11 is 0. The van der Waals surface area contributed by atoms with Crippen LogP contribution in [0.2, 0.25) is 0 Å². The van der Waals surface area contributed by atoms with Crippen LogP contribution in [0.15, 0.2) is 41.1 Å². The first-order valence-corrected chi connectivity index (χ1v) is 8.77. The second kappa shape index (κ2) is 7.22. The number of halogens is 1. The van der Waals surface area contributed by atoms with Gasteiger partial charge in [0.2, 0.25) is 5.89 Å². The number of carbonyl (C=O) groups is 1. The van der Waals surface area contributed by atoms with Crippen LogP contribution in [0.5, 0.6) is 0 Å². The molecule has 7 nitrogen and oxygen atoms in total. The lowest BCUT2D eigenvalue weighted by Crippen LogP contribution is -2.38. The fourth-order valence-corrected chi connectivity index (χ4v) is 3.14. The first kappa shape index (κ1) is 17.3. The van der Waals surface area contributed by atoms with Gasteiger partial charge in [-0.1, -0.05) is 6.07 Å². The second-order valence-electron chi connectivity index (χ2n) is 6.57. The maximum absolute atomic E-state index is 13.3. The molecule has 3 aromatic rings. The second-order valence-corrected chi connectivity index (χ2v) is 6.57. The molecule has 0 radical (unpaired) electrons. The number of rotatable bonds is 3. The Morgan fingerprint density at radius 1 is 1.19 bits per heavy atom. The average Bonchev–Trinajstić information content (AvgIpc) is 3.18. The third-order valence-corrected chi connectivity index (χ3v) is 4.64. The molecule has 0 spiro atoms. The molecular weight excluding hydrogens is 349 g/mol. The molecule has 0 aliphatic carbocycles. The van der Waals surface area contributed by atoms with Crippen molar-refractivity contribution >= 4 is 5.91 Å². The van der Waals surface area contributed by atoms with E-state index in [1.165, 1.54) is 12.1 Å². The van der Waals surface area contributed by atoms with Crippen LogP contribution in [-0.4, -0.2) is 44.1 Å². The zero-order chi connectivity index (χ0) is 18.8. The van der Waals surface area contributed by atoms with Crippen molar-refractivity contribution in [1.82, 2.24) is 25.1 Å². The van der Waals surface area contributed by atoms with E-state index in [2.05, 4.69) is 20.2 Å². The van der Waals surface area contributed by atoms with Gasteiger partial charge >= 0.3 is 0 Å². The monoisotopic (exact) mass is 367 g/mol. The lowest BCUT2D eigenvalue weighted by atomic mass is 9.96. The van der Waals surface area contributed by atoms with Crippen LogP contribution >= 0.6 is 0 Å². The molecule has 4 rings (SSSR count). The molecule has 1 aliphatic heterocycles. The van der Waals surface area contributed by atoms with Gasteiger partial charge in [0.05, 0.1) is 11.9 Å². The Balaban J connectivity index is 1.41. The first-order chi connectivity index (χ1) is 13.1. The van der Waals surface area contributed by atoms with Gasteiger partial charge < -0.3 is 9.32 Å². The van der Waals surface area contributed by atoms with E-state index in [9.17, 15) is 9.18 Å². The number of hydrogen-bond donors (Lipinski definition) is 0. The van der Waals surface area contributed by atoms with Gasteiger partial charge in [0.1, 0.15) is 11.5 Å². The number of piperidine rings is 1. The Hall–Kier alpha value is -3.16. The highest BCUT2D eigenvalue weighted by atomic mass is 19.1. The molecule has 0 bridgehead atoms. The summed E-state index contributed by atoms with van der Waals surface area (Å²) in [6.07, 6.45) is 4.67. The Kier molecular flexibility index (Phi) is 4.62. The molecule has 1 amide bonds. The van der Waals surface area contributed by atoms with Gasteiger partial charge in [-0.05, 0) is 38.0 Å². The molecule has 8 heteroatoms. The van der Waals surface area contributed by atoms with Gasteiger partial charge in [0, 0.05) is 30.8 Å². The summed E-state index contributed by atoms with van der Waals surface area (Å²) < 4.78 is 19.1. The van der Waals surface area contributed by atoms with E-state index >= 15 is 0 Å². The zero-order valence-electron chi connectivity index (χ0n) is 14.8. The third-order valence-electron chi connectivity index (χ3n) is 4.64. The summed E-state index contributed by atoms with van der Waals surface area (Å²) in [7, 11) is 0. The molecule has 0 saturated carbocycles. The van der Waals surface area contributed by atoms with Crippen LogP contribution in [0.1, 0.15) is 40.7 Å². The van der Waals surface area contributed by atoms with E-state index in [0.29, 0.717) is 49.0 Å². The number of benzene rings is 1. The predicted molar refractivity (Wildman–Crippen MR) is 94.3 cm³/mol. The Labute approximate surface area is 155 Å². The quantitative estimate of drug-likeness (QED) is 0.707. The molecular formula is C19H18FN5O2. The van der Waals surface area contributed by atoms with Crippen molar-refractivity contribution in [1.29, 1.82) is 0 Å². The molecule has 1 saturated heterocycles. The molecule has 1 fully saturated rings. The van der Waals surface area contributed by atoms with Crippen molar-refractivity contribution in [3.8, 4) is 11.6 Å². The maximum atomic E-state index is 13.3. The van der Waals surface area contributed by atoms with Crippen molar-refractivity contribution in [3.63, 3.8) is 0 Å². The van der Waals surface area contributed by atoms with Crippen LogP contribution in [0.25, 0.3) is 11.6 Å². The predicted octanol–water partition coefficient (Wildman–Crippen LogP) is 2.99. The van der Waals surface area contributed by atoms with E-state index < -0.39 is 5.82 Å². The van der Waals surface area contributed by atoms with Crippen molar-refractivity contribution < 1.29 is 13.6 Å². The Morgan fingerprint density at radius 3 is 2.70 bits per heavy atom. The molecule has 0 unspecified atom stereocenters. The molecule has 27 heavy (non-hydrogen) atoms. The van der Waals surface area contributed by atoms with Crippen LogP contribution in [-0.2, 0) is 0 Å². The van der Waals surface area contributed by atoms with Crippen molar-refractivity contribution in [2.45, 2.75) is 25.7 Å². The molecule has 1 aliphatic rings. The largest absolute Gasteiger partial charge is 0.419 e. The number of aromatic nitrogens is 4. The highest BCUT2D eigenvalue weighted by Gasteiger charge is 2.28. The maximum Gasteiger partial charge on any atom is 0.267 e. The molecule has 1 aromatic carbocycles. The molecule has 0 atom stereocenters. The van der Waals surface area contributed by atoms with E-state index in [0.717, 1.165) is 5.69 Å². The van der Waals surface area contributed by atoms with Gasteiger partial charge in [-0.3, -0.25) is 9.78 Å². The van der Waals surface area contributed by atoms with Crippen LogP contribution < -0.4 is 0 Å². The normalized spacial score (nSPS) is 15.1. The summed E-state index contributed by atoms with van der Waals surface area (Å²) in [5.74, 6) is 0.407. The highest BCUT2D eigenvalue weighted by molar-refractivity contribution is 5.94. The Bertz CT molecular complexity index is 949. The highest BCUT2D eigenvalue weighted by Crippen LogP contribution is 2.29. The first-order valence-electron chi connectivity index (χ1n) is 8.77. The minimum absolute atomic E-state index is 0.0845. The molecule has 3 heterocycles. The van der Waals surface area contributed by atoms with Gasteiger partial charge in [0.25, 0.3) is 11.8 Å². The third kappa shape index (κ3) is 3.69. The number of amides is 1. The standard InChI is InChI=1S/C19H18FN5O2/c1-12-10-22-16(11-21-12)18-24-23-17(27-18)13-5-7-25(8-6-13)19(26)14-3-2-4-15(20)9-14/h2-4,9-11,13H,5-8H2,1H3. The van der Waals surface area contributed by atoms with Crippen LogP contribution in [0.4, 0.5) is 4.39 Å². The fourth-order valence-electron chi connectivity index (χ4n) is 3.14. The number of likely N-dealkylation sites (tertiary alicyclic amines) is 1. The Morgan fingerprint density at radius 2 is 2.00 bits per heavy atom. The van der Waals surface area contributed by atoms with Gasteiger partial charge in [-0.2, -0.15) is 0 Å². The SMILES string of the molecule is Cc1cnc(-c2nnc(C3CCN(C(=O)c4cccc(F)c4)CC3)o2)cn1. The average molecular weight is 367 g/mol. The number of aryl methyl sites for hydroxylation is 1. The van der Waals surface area contributed by atoms with Crippen molar-refractivity contribution in [3.05, 3.63) is 59.6 Å². The smallest absolute Gasteiger partial charge is 0.267 e. The number of hydrogen-bond acceptors (Lipinski definition) is 6. The summed E-state index contributed by atoms with van der Waals surface area (Å²) in [5.41, 5.74) is 1.72. The summed E-state index contributed by atoms with van der Waals surface area (Å²) in [5, 5.41) is 8.20. The van der Waals surface area contributed by atoms with E-state index in [4.69, 9.17) is 4.42 Å². The molecule has 2 aromatic heterocycles. The minimum Gasteiger partial charge on any atom is -0.419 e. The summed E-state index contributed by atoms with van der Waals surface area (Å²) in [6, 6.07) is 5.77. The van der Waals surface area contributed by atoms with E-state index in [1.807, 2.05) is 6.92 Å². The van der Waals surface area contributed by atoms with Gasteiger partial charge in [-0.25, -0.2) is 9.37 Å². The topological polar surface area (TPSA) is 85.0 Å². The van der Waals surface area contributed by atoms with E-state index in [-0.39, 0.29) is 11.8 Å². The van der Waals surface area contributed by atoms with Gasteiger partial charge in [-0.15, -0.1) is 10.2 Å².